The molecule has 1 amide bonds. The van der Waals surface area contributed by atoms with Crippen LogP contribution in [0.25, 0.3) is 0 Å². The molecule has 0 atom stereocenters. The Kier molecular flexibility index (Phi) is 5.64. The molecule has 0 aromatic carbocycles. The van der Waals surface area contributed by atoms with Crippen LogP contribution in [0.4, 0.5) is 0 Å². The maximum Gasteiger partial charge on any atom is 0.235 e. The summed E-state index contributed by atoms with van der Waals surface area (Å²) >= 11 is 0. The highest BCUT2D eigenvalue weighted by molar-refractivity contribution is 5.79. The minimum atomic E-state index is -0.508. The van der Waals surface area contributed by atoms with Crippen molar-refractivity contribution in [3.05, 3.63) is 0 Å². The Bertz CT molecular complexity index is 310. The lowest BCUT2D eigenvalue weighted by Gasteiger charge is -2.31. The van der Waals surface area contributed by atoms with Crippen molar-refractivity contribution in [3.63, 3.8) is 0 Å². The van der Waals surface area contributed by atoms with E-state index < -0.39 is 5.54 Å². The zero-order valence-electron chi connectivity index (χ0n) is 11.4. The van der Waals surface area contributed by atoms with Gasteiger partial charge in [0.15, 0.2) is 0 Å². The summed E-state index contributed by atoms with van der Waals surface area (Å²) in [6, 6.07) is 0. The Labute approximate surface area is 110 Å². The van der Waals surface area contributed by atoms with Gasteiger partial charge in [-0.3, -0.25) is 9.69 Å². The summed E-state index contributed by atoms with van der Waals surface area (Å²) in [5, 5.41) is 12.4. The molecule has 102 valence electrons. The lowest BCUT2D eigenvalue weighted by atomic mass is 9.94. The van der Waals surface area contributed by atoms with Crippen LogP contribution in [-0.4, -0.2) is 47.2 Å². The fourth-order valence-corrected chi connectivity index (χ4v) is 2.25. The minimum Gasteiger partial charge on any atom is -0.393 e. The zero-order valence-corrected chi connectivity index (χ0v) is 11.4. The number of aliphatic hydroxyl groups excluding tert-OH is 1. The van der Waals surface area contributed by atoms with Gasteiger partial charge < -0.3 is 10.4 Å². The maximum atomic E-state index is 12.0. The molecule has 1 rings (SSSR count). The topological polar surface area (TPSA) is 52.6 Å². The monoisotopic (exact) mass is 252 g/mol. The first-order chi connectivity index (χ1) is 8.55. The Hall–Kier alpha value is -1.05. The molecular formula is C14H24N2O2. The average molecular weight is 252 g/mol. The zero-order chi connectivity index (χ0) is 13.6. The van der Waals surface area contributed by atoms with Crippen LogP contribution in [0.3, 0.4) is 0 Å². The molecule has 0 radical (unpaired) electrons. The van der Waals surface area contributed by atoms with Crippen molar-refractivity contribution in [1.29, 1.82) is 0 Å². The quantitative estimate of drug-likeness (QED) is 0.710. The molecule has 0 spiro atoms. The normalized spacial score (nSPS) is 18.3. The molecule has 1 aliphatic heterocycles. The second-order valence-corrected chi connectivity index (χ2v) is 4.99. The summed E-state index contributed by atoms with van der Waals surface area (Å²) in [4.78, 5) is 14.0. The van der Waals surface area contributed by atoms with Crippen LogP contribution in [0, 0.1) is 12.3 Å². The second kappa shape index (κ2) is 6.77. The first kappa shape index (κ1) is 15.0. The van der Waals surface area contributed by atoms with E-state index >= 15 is 0 Å². The third kappa shape index (κ3) is 4.01. The number of piperidine rings is 1. The third-order valence-electron chi connectivity index (χ3n) is 3.79. The summed E-state index contributed by atoms with van der Waals surface area (Å²) in [7, 11) is 0. The molecule has 0 bridgehead atoms. The first-order valence-corrected chi connectivity index (χ1v) is 6.74. The Morgan fingerprint density at radius 2 is 2.00 bits per heavy atom. The Morgan fingerprint density at radius 1 is 1.44 bits per heavy atom. The van der Waals surface area contributed by atoms with Gasteiger partial charge in [-0.05, 0) is 25.7 Å². The van der Waals surface area contributed by atoms with Gasteiger partial charge in [0.2, 0.25) is 5.91 Å². The van der Waals surface area contributed by atoms with Crippen molar-refractivity contribution >= 4 is 5.91 Å². The predicted molar refractivity (Wildman–Crippen MR) is 72.0 cm³/mol. The molecule has 1 saturated heterocycles. The van der Waals surface area contributed by atoms with E-state index in [-0.39, 0.29) is 12.0 Å². The van der Waals surface area contributed by atoms with Gasteiger partial charge in [0.25, 0.3) is 0 Å². The Balaban J connectivity index is 2.44. The van der Waals surface area contributed by atoms with Gasteiger partial charge in [-0.15, -0.1) is 6.42 Å². The molecule has 0 aromatic rings. The number of likely N-dealkylation sites (tertiary alicyclic amines) is 1. The van der Waals surface area contributed by atoms with Crippen molar-refractivity contribution in [3.8, 4) is 12.3 Å². The summed E-state index contributed by atoms with van der Waals surface area (Å²) in [5.74, 6) is 2.68. The summed E-state index contributed by atoms with van der Waals surface area (Å²) in [6.45, 7) is 5.89. The van der Waals surface area contributed by atoms with Crippen molar-refractivity contribution < 1.29 is 9.90 Å². The molecule has 0 aliphatic carbocycles. The SMILES string of the molecule is C#CC(CC)(CC)NC(=O)CN1CCC(O)CC1. The average Bonchev–Trinajstić information content (AvgIpc) is 2.39. The number of rotatable bonds is 5. The number of hydrogen-bond donors (Lipinski definition) is 2. The number of carbonyl (C=O) groups excluding carboxylic acids is 1. The van der Waals surface area contributed by atoms with Gasteiger partial charge in [0, 0.05) is 13.1 Å². The van der Waals surface area contributed by atoms with Crippen LogP contribution in [0.15, 0.2) is 0 Å². The van der Waals surface area contributed by atoms with E-state index in [0.717, 1.165) is 38.8 Å². The van der Waals surface area contributed by atoms with Crippen molar-refractivity contribution in [2.45, 2.75) is 51.2 Å². The molecule has 0 aromatic heterocycles. The largest absolute Gasteiger partial charge is 0.393 e. The molecular weight excluding hydrogens is 228 g/mol. The number of carbonyl (C=O) groups is 1. The van der Waals surface area contributed by atoms with Crippen molar-refractivity contribution in [1.82, 2.24) is 10.2 Å². The molecule has 0 saturated carbocycles. The maximum absolute atomic E-state index is 12.0. The molecule has 1 fully saturated rings. The standard InChI is InChI=1S/C14H24N2O2/c1-4-14(5-2,6-3)15-13(18)11-16-9-7-12(17)8-10-16/h1,12,17H,5-11H2,2-3H3,(H,15,18). The molecule has 4 heteroatoms. The predicted octanol–water partition coefficient (Wildman–Crippen LogP) is 0.751. The first-order valence-electron chi connectivity index (χ1n) is 6.74. The number of terminal acetylenes is 1. The highest BCUT2D eigenvalue weighted by Crippen LogP contribution is 2.14. The second-order valence-electron chi connectivity index (χ2n) is 4.99. The number of aliphatic hydroxyl groups is 1. The molecule has 1 heterocycles. The van der Waals surface area contributed by atoms with Gasteiger partial charge in [0.1, 0.15) is 5.54 Å². The number of nitrogens with one attached hydrogen (secondary N) is 1. The van der Waals surface area contributed by atoms with Crippen LogP contribution in [-0.2, 0) is 4.79 Å². The van der Waals surface area contributed by atoms with Gasteiger partial charge in [0.05, 0.1) is 12.6 Å². The fraction of sp³-hybridized carbons (Fsp3) is 0.786. The van der Waals surface area contributed by atoms with E-state index in [9.17, 15) is 9.90 Å². The Morgan fingerprint density at radius 3 is 2.44 bits per heavy atom. The van der Waals surface area contributed by atoms with Crippen molar-refractivity contribution in [2.24, 2.45) is 0 Å². The van der Waals surface area contributed by atoms with Gasteiger partial charge in [-0.2, -0.15) is 0 Å². The minimum absolute atomic E-state index is 0.0203. The van der Waals surface area contributed by atoms with Gasteiger partial charge >= 0.3 is 0 Å². The summed E-state index contributed by atoms with van der Waals surface area (Å²) < 4.78 is 0. The van der Waals surface area contributed by atoms with Crippen LogP contribution >= 0.6 is 0 Å². The molecule has 4 nitrogen and oxygen atoms in total. The van der Waals surface area contributed by atoms with E-state index in [2.05, 4.69) is 16.1 Å². The fourth-order valence-electron chi connectivity index (χ4n) is 2.25. The number of amides is 1. The van der Waals surface area contributed by atoms with Crippen LogP contribution in [0.5, 0.6) is 0 Å². The van der Waals surface area contributed by atoms with E-state index in [1.165, 1.54) is 0 Å². The van der Waals surface area contributed by atoms with Crippen LogP contribution in [0.2, 0.25) is 0 Å². The highest BCUT2D eigenvalue weighted by atomic mass is 16.3. The lowest BCUT2D eigenvalue weighted by Crippen LogP contribution is -2.51. The van der Waals surface area contributed by atoms with E-state index in [0.29, 0.717) is 6.54 Å². The van der Waals surface area contributed by atoms with E-state index in [1.807, 2.05) is 13.8 Å². The molecule has 18 heavy (non-hydrogen) atoms. The number of nitrogens with zero attached hydrogens (tertiary/aromatic N) is 1. The summed E-state index contributed by atoms with van der Waals surface area (Å²) in [5.41, 5.74) is -0.508. The molecule has 1 aliphatic rings. The van der Waals surface area contributed by atoms with Crippen molar-refractivity contribution in [2.75, 3.05) is 19.6 Å². The van der Waals surface area contributed by atoms with Gasteiger partial charge in [-0.1, -0.05) is 19.8 Å². The van der Waals surface area contributed by atoms with E-state index in [4.69, 9.17) is 6.42 Å². The molecule has 0 unspecified atom stereocenters. The smallest absolute Gasteiger partial charge is 0.235 e. The van der Waals surface area contributed by atoms with E-state index in [1.54, 1.807) is 0 Å². The number of hydrogen-bond acceptors (Lipinski definition) is 3. The van der Waals surface area contributed by atoms with Crippen LogP contribution < -0.4 is 5.32 Å². The third-order valence-corrected chi connectivity index (χ3v) is 3.79. The summed E-state index contributed by atoms with van der Waals surface area (Å²) in [6.07, 6.45) is 8.28. The van der Waals surface area contributed by atoms with Gasteiger partial charge in [-0.25, -0.2) is 0 Å². The lowest BCUT2D eigenvalue weighted by molar-refractivity contribution is -0.124. The highest BCUT2D eigenvalue weighted by Gasteiger charge is 2.26. The van der Waals surface area contributed by atoms with Crippen LogP contribution in [0.1, 0.15) is 39.5 Å². The molecule has 2 N–H and O–H groups in total.